The van der Waals surface area contributed by atoms with Crippen LogP contribution in [0.15, 0.2) is 53.2 Å². The number of ketones is 2. The second-order valence-corrected chi connectivity index (χ2v) is 5.83. The standard InChI is InChI=1S/C16H10Cl2N4O2/c17-11-2-1-8(5-12(11)18)6-21-13-14(22-19)15(23)9-3-4-20-7-10(9)16(13)24/h1-5,7,19,21H,6H2. The van der Waals surface area contributed by atoms with Crippen LogP contribution in [0.25, 0.3) is 0 Å². The van der Waals surface area contributed by atoms with Crippen molar-refractivity contribution >= 4 is 34.8 Å². The second kappa shape index (κ2) is 6.51. The number of carbonyl (C=O) groups excluding carboxylic acids is 2. The largest absolute Gasteiger partial charge is 0.376 e. The molecule has 2 aromatic rings. The molecule has 1 heterocycles. The van der Waals surface area contributed by atoms with E-state index in [1.165, 1.54) is 18.5 Å². The van der Waals surface area contributed by atoms with E-state index in [-0.39, 0.29) is 29.1 Å². The first-order valence-corrected chi connectivity index (χ1v) is 7.61. The fourth-order valence-corrected chi connectivity index (χ4v) is 2.69. The van der Waals surface area contributed by atoms with Gasteiger partial charge in [0.25, 0.3) is 0 Å². The summed E-state index contributed by atoms with van der Waals surface area (Å²) in [4.78, 5) is 28.8. The molecule has 0 spiro atoms. The summed E-state index contributed by atoms with van der Waals surface area (Å²) in [5.41, 5.74) is 8.13. The minimum absolute atomic E-state index is 0.0263. The molecule has 0 radical (unpaired) electrons. The van der Waals surface area contributed by atoms with Gasteiger partial charge in [0, 0.05) is 24.5 Å². The summed E-state index contributed by atoms with van der Waals surface area (Å²) >= 11 is 11.8. The minimum Gasteiger partial charge on any atom is -0.376 e. The molecule has 1 aliphatic carbocycles. The average molecular weight is 361 g/mol. The zero-order valence-corrected chi connectivity index (χ0v) is 13.6. The van der Waals surface area contributed by atoms with Gasteiger partial charge in [-0.25, -0.2) is 5.53 Å². The quantitative estimate of drug-likeness (QED) is 0.810. The van der Waals surface area contributed by atoms with Gasteiger partial charge >= 0.3 is 0 Å². The Morgan fingerprint density at radius 1 is 1.08 bits per heavy atom. The van der Waals surface area contributed by atoms with Crippen LogP contribution in [-0.4, -0.2) is 16.6 Å². The number of fused-ring (bicyclic) bond motifs is 1. The molecule has 0 bridgehead atoms. The lowest BCUT2D eigenvalue weighted by atomic mass is 9.92. The highest BCUT2D eigenvalue weighted by Crippen LogP contribution is 2.26. The van der Waals surface area contributed by atoms with Gasteiger partial charge in [0.1, 0.15) is 5.70 Å². The molecule has 1 aromatic heterocycles. The summed E-state index contributed by atoms with van der Waals surface area (Å²) in [6.45, 7) is 0.222. The van der Waals surface area contributed by atoms with E-state index in [9.17, 15) is 9.59 Å². The number of aromatic nitrogens is 1. The van der Waals surface area contributed by atoms with Gasteiger partial charge in [0.2, 0.25) is 11.6 Å². The van der Waals surface area contributed by atoms with Crippen molar-refractivity contribution in [2.45, 2.75) is 6.54 Å². The molecule has 0 saturated heterocycles. The molecule has 1 aromatic carbocycles. The summed E-state index contributed by atoms with van der Waals surface area (Å²) in [6, 6.07) is 6.47. The van der Waals surface area contributed by atoms with Crippen LogP contribution in [0.3, 0.4) is 0 Å². The average Bonchev–Trinajstić information content (AvgIpc) is 2.59. The normalized spacial score (nSPS) is 13.8. The number of carbonyl (C=O) groups is 2. The van der Waals surface area contributed by atoms with Crippen molar-refractivity contribution in [3.8, 4) is 0 Å². The van der Waals surface area contributed by atoms with E-state index in [4.69, 9.17) is 28.7 Å². The van der Waals surface area contributed by atoms with Crippen molar-refractivity contribution in [1.29, 1.82) is 5.53 Å². The van der Waals surface area contributed by atoms with Gasteiger partial charge in [-0.05, 0) is 23.8 Å². The van der Waals surface area contributed by atoms with E-state index >= 15 is 0 Å². The fourth-order valence-electron chi connectivity index (χ4n) is 2.37. The molecule has 0 fully saturated rings. The summed E-state index contributed by atoms with van der Waals surface area (Å²) in [5.74, 6) is -0.914. The Labute approximate surface area is 147 Å². The van der Waals surface area contributed by atoms with Crippen LogP contribution in [0.4, 0.5) is 0 Å². The Kier molecular flexibility index (Phi) is 4.42. The number of pyridine rings is 1. The maximum atomic E-state index is 12.6. The van der Waals surface area contributed by atoms with Crippen molar-refractivity contribution in [1.82, 2.24) is 10.3 Å². The van der Waals surface area contributed by atoms with Crippen molar-refractivity contribution in [3.63, 3.8) is 0 Å². The number of Topliss-reactive ketones (excluding diaryl/α,β-unsaturated/α-hetero) is 2. The zero-order chi connectivity index (χ0) is 17.3. The van der Waals surface area contributed by atoms with Gasteiger partial charge in [-0.1, -0.05) is 29.3 Å². The maximum Gasteiger partial charge on any atom is 0.216 e. The molecule has 0 amide bonds. The highest BCUT2D eigenvalue weighted by molar-refractivity contribution is 6.42. The lowest BCUT2D eigenvalue weighted by Gasteiger charge is -2.18. The van der Waals surface area contributed by atoms with E-state index in [1.807, 2.05) is 0 Å². The topological polar surface area (TPSA) is 95.3 Å². The number of hydrogen-bond acceptors (Lipinski definition) is 6. The lowest BCUT2D eigenvalue weighted by molar-refractivity contribution is 0.0966. The van der Waals surface area contributed by atoms with Crippen LogP contribution in [0.5, 0.6) is 0 Å². The van der Waals surface area contributed by atoms with E-state index in [0.717, 1.165) is 5.56 Å². The third kappa shape index (κ3) is 2.81. The summed E-state index contributed by atoms with van der Waals surface area (Å²) < 4.78 is 0. The SMILES string of the molecule is N=NC1=C(NCc2ccc(Cl)c(Cl)c2)C(=O)c2cnccc2C1=O. The number of benzene rings is 1. The summed E-state index contributed by atoms with van der Waals surface area (Å²) in [7, 11) is 0. The fraction of sp³-hybridized carbons (Fsp3) is 0.0625. The lowest BCUT2D eigenvalue weighted by Crippen LogP contribution is -2.29. The third-order valence-corrected chi connectivity index (χ3v) is 4.29. The molecule has 24 heavy (non-hydrogen) atoms. The molecular weight excluding hydrogens is 351 g/mol. The highest BCUT2D eigenvalue weighted by Gasteiger charge is 2.32. The van der Waals surface area contributed by atoms with Crippen LogP contribution in [0.1, 0.15) is 26.3 Å². The second-order valence-electron chi connectivity index (χ2n) is 5.02. The first kappa shape index (κ1) is 16.3. The van der Waals surface area contributed by atoms with Crippen molar-refractivity contribution in [2.75, 3.05) is 0 Å². The number of halogens is 2. The molecule has 120 valence electrons. The van der Waals surface area contributed by atoms with E-state index < -0.39 is 11.6 Å². The predicted octanol–water partition coefficient (Wildman–Crippen LogP) is 3.80. The predicted molar refractivity (Wildman–Crippen MR) is 88.4 cm³/mol. The van der Waals surface area contributed by atoms with Gasteiger partial charge in [-0.2, -0.15) is 5.11 Å². The van der Waals surface area contributed by atoms with Gasteiger partial charge in [0.05, 0.1) is 15.6 Å². The molecule has 2 N–H and O–H groups in total. The monoisotopic (exact) mass is 360 g/mol. The Bertz CT molecular complexity index is 909. The van der Waals surface area contributed by atoms with Crippen LogP contribution in [-0.2, 0) is 6.54 Å². The number of hydrogen-bond donors (Lipinski definition) is 2. The molecular formula is C16H10Cl2N4O2. The van der Waals surface area contributed by atoms with Crippen LogP contribution in [0.2, 0.25) is 10.0 Å². The van der Waals surface area contributed by atoms with Crippen molar-refractivity contribution in [2.24, 2.45) is 5.11 Å². The van der Waals surface area contributed by atoms with Crippen LogP contribution in [0, 0.1) is 5.53 Å². The van der Waals surface area contributed by atoms with Crippen LogP contribution >= 0.6 is 23.2 Å². The first-order chi connectivity index (χ1) is 11.5. The van der Waals surface area contributed by atoms with Crippen molar-refractivity contribution < 1.29 is 9.59 Å². The van der Waals surface area contributed by atoms with Crippen LogP contribution < -0.4 is 5.32 Å². The zero-order valence-electron chi connectivity index (χ0n) is 12.1. The summed E-state index contributed by atoms with van der Waals surface area (Å²) in [6.07, 6.45) is 2.75. The maximum absolute atomic E-state index is 12.6. The van der Waals surface area contributed by atoms with Crippen molar-refractivity contribution in [3.05, 3.63) is 74.8 Å². The smallest absolute Gasteiger partial charge is 0.216 e. The molecule has 8 heteroatoms. The molecule has 3 rings (SSSR count). The number of rotatable bonds is 4. The number of allylic oxidation sites excluding steroid dienone is 2. The molecule has 0 aliphatic heterocycles. The molecule has 0 unspecified atom stereocenters. The summed E-state index contributed by atoms with van der Waals surface area (Å²) in [5, 5.41) is 6.91. The Hall–Kier alpha value is -2.57. The minimum atomic E-state index is -0.487. The number of nitrogens with zero attached hydrogens (tertiary/aromatic N) is 2. The van der Waals surface area contributed by atoms with E-state index in [2.05, 4.69) is 15.4 Å². The Morgan fingerprint density at radius 2 is 1.88 bits per heavy atom. The molecule has 0 saturated carbocycles. The molecule has 0 atom stereocenters. The highest BCUT2D eigenvalue weighted by atomic mass is 35.5. The van der Waals surface area contributed by atoms with Gasteiger partial charge in [-0.15, -0.1) is 0 Å². The molecule has 1 aliphatic rings. The Morgan fingerprint density at radius 3 is 2.58 bits per heavy atom. The third-order valence-electron chi connectivity index (χ3n) is 3.55. The molecule has 6 nitrogen and oxygen atoms in total. The van der Waals surface area contributed by atoms with Gasteiger partial charge in [-0.3, -0.25) is 14.6 Å². The van der Waals surface area contributed by atoms with Gasteiger partial charge < -0.3 is 5.32 Å². The van der Waals surface area contributed by atoms with E-state index in [0.29, 0.717) is 10.0 Å². The van der Waals surface area contributed by atoms with Gasteiger partial charge in [0.15, 0.2) is 5.70 Å². The Balaban J connectivity index is 1.93. The van der Waals surface area contributed by atoms with E-state index in [1.54, 1.807) is 18.2 Å². The number of nitrogens with one attached hydrogen (secondary N) is 2. The first-order valence-electron chi connectivity index (χ1n) is 6.86.